The van der Waals surface area contributed by atoms with Gasteiger partial charge in [-0.15, -0.1) is 0 Å². The number of rotatable bonds is 7. The Kier molecular flexibility index (Phi) is 6.51. The first-order valence-corrected chi connectivity index (χ1v) is 8.04. The predicted octanol–water partition coefficient (Wildman–Crippen LogP) is 3.80. The van der Waals surface area contributed by atoms with E-state index >= 15 is 0 Å². The van der Waals surface area contributed by atoms with E-state index in [1.807, 2.05) is 0 Å². The molecule has 0 heterocycles. The Bertz CT molecular complexity index is 730. The van der Waals surface area contributed by atoms with Crippen molar-refractivity contribution in [2.75, 3.05) is 11.9 Å². The number of carbonyl (C=O) groups excluding carboxylic acids is 2. The van der Waals surface area contributed by atoms with E-state index in [0.29, 0.717) is 24.3 Å². The van der Waals surface area contributed by atoms with Crippen LogP contribution < -0.4 is 10.1 Å². The maximum Gasteiger partial charge on any atom is 0.338 e. The van der Waals surface area contributed by atoms with Gasteiger partial charge in [0.15, 0.2) is 17.7 Å². The molecule has 0 unspecified atom stereocenters. The molecule has 0 saturated carbocycles. The Labute approximate surface area is 145 Å². The molecule has 25 heavy (non-hydrogen) atoms. The van der Waals surface area contributed by atoms with Crippen molar-refractivity contribution in [2.24, 2.45) is 0 Å². The monoisotopic (exact) mass is 345 g/mol. The van der Waals surface area contributed by atoms with Gasteiger partial charge in [-0.2, -0.15) is 0 Å². The molecular formula is C19H20FNO4. The molecule has 0 aliphatic rings. The standard InChI is InChI=1S/C19H20FNO4/c1-3-16(25-17-8-6-5-7-15(17)20)18(22)21-14-11-9-13(10-12-14)19(23)24-4-2/h5-12,16H,3-4H2,1-2H3,(H,21,22)/t16-/m0/s1. The summed E-state index contributed by atoms with van der Waals surface area (Å²) in [7, 11) is 0. The Morgan fingerprint density at radius 2 is 1.76 bits per heavy atom. The van der Waals surface area contributed by atoms with Crippen molar-refractivity contribution < 1.29 is 23.5 Å². The molecule has 0 saturated heterocycles. The Balaban J connectivity index is 2.02. The zero-order valence-electron chi connectivity index (χ0n) is 14.1. The Morgan fingerprint density at radius 1 is 1.08 bits per heavy atom. The van der Waals surface area contributed by atoms with Gasteiger partial charge in [-0.25, -0.2) is 9.18 Å². The first-order valence-electron chi connectivity index (χ1n) is 8.04. The number of hydrogen-bond acceptors (Lipinski definition) is 4. The average Bonchev–Trinajstić information content (AvgIpc) is 2.61. The number of carbonyl (C=O) groups is 2. The fraction of sp³-hybridized carbons (Fsp3) is 0.263. The van der Waals surface area contributed by atoms with Crippen molar-refractivity contribution in [3.63, 3.8) is 0 Å². The summed E-state index contributed by atoms with van der Waals surface area (Å²) in [6.07, 6.45) is -0.456. The molecule has 5 nitrogen and oxygen atoms in total. The predicted molar refractivity (Wildman–Crippen MR) is 92.1 cm³/mol. The van der Waals surface area contributed by atoms with Gasteiger partial charge in [0.2, 0.25) is 0 Å². The number of halogens is 1. The summed E-state index contributed by atoms with van der Waals surface area (Å²) in [5, 5.41) is 2.69. The molecule has 0 spiro atoms. The van der Waals surface area contributed by atoms with Gasteiger partial charge in [-0.05, 0) is 49.7 Å². The van der Waals surface area contributed by atoms with Crippen molar-refractivity contribution in [3.8, 4) is 5.75 Å². The quantitative estimate of drug-likeness (QED) is 0.775. The average molecular weight is 345 g/mol. The fourth-order valence-corrected chi connectivity index (χ4v) is 2.14. The normalized spacial score (nSPS) is 11.5. The van der Waals surface area contributed by atoms with Crippen LogP contribution in [-0.4, -0.2) is 24.6 Å². The number of para-hydroxylation sites is 1. The molecule has 0 radical (unpaired) electrons. The molecule has 2 rings (SSSR count). The lowest BCUT2D eigenvalue weighted by atomic mass is 10.2. The number of benzene rings is 2. The highest BCUT2D eigenvalue weighted by Crippen LogP contribution is 2.19. The molecule has 6 heteroatoms. The number of anilines is 1. The minimum atomic E-state index is -0.832. The van der Waals surface area contributed by atoms with Crippen LogP contribution >= 0.6 is 0 Å². The SMILES string of the molecule is CCOC(=O)c1ccc(NC(=O)[C@H](CC)Oc2ccccc2F)cc1. The topological polar surface area (TPSA) is 64.6 Å². The van der Waals surface area contributed by atoms with Crippen LogP contribution in [0, 0.1) is 5.82 Å². The van der Waals surface area contributed by atoms with E-state index in [1.165, 1.54) is 12.1 Å². The molecule has 0 fully saturated rings. The molecule has 0 bridgehead atoms. The minimum absolute atomic E-state index is 0.0298. The molecule has 0 aliphatic heterocycles. The summed E-state index contributed by atoms with van der Waals surface area (Å²) in [5.74, 6) is -1.31. The maximum absolute atomic E-state index is 13.7. The largest absolute Gasteiger partial charge is 0.478 e. The number of nitrogens with one attached hydrogen (secondary N) is 1. The summed E-state index contributed by atoms with van der Waals surface area (Å²) in [6, 6.07) is 12.2. The van der Waals surface area contributed by atoms with Crippen LogP contribution in [0.3, 0.4) is 0 Å². The van der Waals surface area contributed by atoms with Crippen molar-refractivity contribution >= 4 is 17.6 Å². The molecule has 2 aromatic rings. The lowest BCUT2D eigenvalue weighted by Gasteiger charge is -2.17. The van der Waals surface area contributed by atoms with Gasteiger partial charge in [0.25, 0.3) is 5.91 Å². The third-order valence-corrected chi connectivity index (χ3v) is 3.43. The second-order valence-electron chi connectivity index (χ2n) is 5.23. The molecule has 1 N–H and O–H groups in total. The molecular weight excluding hydrogens is 325 g/mol. The smallest absolute Gasteiger partial charge is 0.338 e. The van der Waals surface area contributed by atoms with E-state index in [4.69, 9.17) is 9.47 Å². The molecule has 0 aliphatic carbocycles. The highest BCUT2D eigenvalue weighted by Gasteiger charge is 2.20. The van der Waals surface area contributed by atoms with Crippen LogP contribution in [0.1, 0.15) is 30.6 Å². The van der Waals surface area contributed by atoms with Crippen molar-refractivity contribution in [3.05, 3.63) is 59.9 Å². The maximum atomic E-state index is 13.7. The van der Waals surface area contributed by atoms with E-state index in [9.17, 15) is 14.0 Å². The van der Waals surface area contributed by atoms with Crippen LogP contribution in [-0.2, 0) is 9.53 Å². The second kappa shape index (κ2) is 8.82. The number of amides is 1. The van der Waals surface area contributed by atoms with Gasteiger partial charge in [-0.1, -0.05) is 19.1 Å². The third kappa shape index (κ3) is 5.04. The van der Waals surface area contributed by atoms with Crippen molar-refractivity contribution in [1.29, 1.82) is 0 Å². The number of ether oxygens (including phenoxy) is 2. The van der Waals surface area contributed by atoms with E-state index < -0.39 is 23.8 Å². The highest BCUT2D eigenvalue weighted by molar-refractivity contribution is 5.95. The zero-order valence-corrected chi connectivity index (χ0v) is 14.1. The van der Waals surface area contributed by atoms with E-state index in [0.717, 1.165) is 0 Å². The highest BCUT2D eigenvalue weighted by atomic mass is 19.1. The van der Waals surface area contributed by atoms with Gasteiger partial charge in [0.05, 0.1) is 12.2 Å². The first-order chi connectivity index (χ1) is 12.0. The Hall–Kier alpha value is -2.89. The second-order valence-corrected chi connectivity index (χ2v) is 5.23. The Morgan fingerprint density at radius 3 is 2.36 bits per heavy atom. The zero-order chi connectivity index (χ0) is 18.2. The lowest BCUT2D eigenvalue weighted by molar-refractivity contribution is -0.122. The number of hydrogen-bond donors (Lipinski definition) is 1. The van der Waals surface area contributed by atoms with E-state index in [-0.39, 0.29) is 5.75 Å². The molecule has 1 amide bonds. The molecule has 132 valence electrons. The molecule has 1 atom stereocenters. The van der Waals surface area contributed by atoms with Gasteiger partial charge in [0, 0.05) is 5.69 Å². The van der Waals surface area contributed by atoms with Crippen LogP contribution in [0.5, 0.6) is 5.75 Å². The van der Waals surface area contributed by atoms with Gasteiger partial charge in [-0.3, -0.25) is 4.79 Å². The van der Waals surface area contributed by atoms with Crippen LogP contribution in [0.2, 0.25) is 0 Å². The van der Waals surface area contributed by atoms with Gasteiger partial charge in [0.1, 0.15) is 0 Å². The van der Waals surface area contributed by atoms with Gasteiger partial charge < -0.3 is 14.8 Å². The van der Waals surface area contributed by atoms with Gasteiger partial charge >= 0.3 is 5.97 Å². The molecule has 2 aromatic carbocycles. The summed E-state index contributed by atoms with van der Waals surface area (Å²) >= 11 is 0. The van der Waals surface area contributed by atoms with Crippen LogP contribution in [0.25, 0.3) is 0 Å². The van der Waals surface area contributed by atoms with E-state index in [2.05, 4.69) is 5.32 Å². The van der Waals surface area contributed by atoms with Crippen LogP contribution in [0.4, 0.5) is 10.1 Å². The van der Waals surface area contributed by atoms with Crippen molar-refractivity contribution in [2.45, 2.75) is 26.4 Å². The molecule has 0 aromatic heterocycles. The third-order valence-electron chi connectivity index (χ3n) is 3.43. The van der Waals surface area contributed by atoms with Crippen molar-refractivity contribution in [1.82, 2.24) is 0 Å². The summed E-state index contributed by atoms with van der Waals surface area (Å²) in [6.45, 7) is 3.80. The van der Waals surface area contributed by atoms with E-state index in [1.54, 1.807) is 50.2 Å². The summed E-state index contributed by atoms with van der Waals surface area (Å²) < 4.78 is 24.0. The van der Waals surface area contributed by atoms with Crippen LogP contribution in [0.15, 0.2) is 48.5 Å². The first kappa shape index (κ1) is 18.4. The summed E-state index contributed by atoms with van der Waals surface area (Å²) in [5.41, 5.74) is 0.906. The number of esters is 1. The fourth-order valence-electron chi connectivity index (χ4n) is 2.14. The summed E-state index contributed by atoms with van der Waals surface area (Å²) in [4.78, 5) is 23.9. The minimum Gasteiger partial charge on any atom is -0.478 e. The lowest BCUT2D eigenvalue weighted by Crippen LogP contribution is -2.32.